The van der Waals surface area contributed by atoms with Crippen molar-refractivity contribution in [3.63, 3.8) is 0 Å². The van der Waals surface area contributed by atoms with Gasteiger partial charge in [0.25, 0.3) is 11.8 Å². The van der Waals surface area contributed by atoms with Gasteiger partial charge in [-0.15, -0.1) is 0 Å². The lowest BCUT2D eigenvalue weighted by molar-refractivity contribution is -0.133. The molecule has 2 amide bonds. The zero-order valence-electron chi connectivity index (χ0n) is 13.9. The van der Waals surface area contributed by atoms with Gasteiger partial charge in [-0.2, -0.15) is 0 Å². The molecule has 0 aliphatic rings. The first kappa shape index (κ1) is 21.7. The Morgan fingerprint density at radius 3 is 2.22 bits per heavy atom. The van der Waals surface area contributed by atoms with Crippen LogP contribution in [0, 0.1) is 11.8 Å². The maximum atomic E-state index is 12.2. The van der Waals surface area contributed by atoms with Crippen LogP contribution in [0.1, 0.15) is 35.8 Å². The molecule has 2 aromatic carbocycles. The van der Waals surface area contributed by atoms with Crippen molar-refractivity contribution in [3.05, 3.63) is 65.2 Å². The molecular weight excluding hydrogens is 348 g/mol. The topological polar surface area (TPSA) is 119 Å². The minimum atomic E-state index is -1.28. The zero-order valence-corrected chi connectivity index (χ0v) is 13.9. The fraction of sp³-hybridized carbons (Fsp3) is 0.200. The molecule has 0 aliphatic carbocycles. The maximum Gasteiger partial charge on any atom is 0.268 e. The van der Waals surface area contributed by atoms with Crippen LogP contribution in [-0.4, -0.2) is 39.4 Å². The number of hydrogen-bond acceptors (Lipinski definition) is 5. The van der Waals surface area contributed by atoms with E-state index in [-0.39, 0.29) is 18.7 Å². The predicted molar refractivity (Wildman–Crippen MR) is 100 cm³/mol. The SMILES string of the molecule is C.C[C@@H](O)[C@H](NC(=O)c1ccc(C#Cc2cccc(O)c2)cc1)C(=O)NO. The number of phenols is 1. The van der Waals surface area contributed by atoms with E-state index in [1.807, 2.05) is 0 Å². The first-order valence-electron chi connectivity index (χ1n) is 7.74. The summed E-state index contributed by atoms with van der Waals surface area (Å²) in [7, 11) is 0. The molecule has 142 valence electrons. The largest absolute Gasteiger partial charge is 0.508 e. The van der Waals surface area contributed by atoms with Crippen LogP contribution in [0.5, 0.6) is 5.75 Å². The van der Waals surface area contributed by atoms with Crippen LogP contribution in [0.3, 0.4) is 0 Å². The second kappa shape index (κ2) is 9.97. The quantitative estimate of drug-likeness (QED) is 0.317. The predicted octanol–water partition coefficient (Wildman–Crippen LogP) is 1.41. The Bertz CT molecular complexity index is 851. The average Bonchev–Trinajstić information content (AvgIpc) is 2.64. The molecule has 0 unspecified atom stereocenters. The minimum Gasteiger partial charge on any atom is -0.508 e. The van der Waals surface area contributed by atoms with Crippen LogP contribution >= 0.6 is 0 Å². The molecular formula is C20H22N2O5. The Labute approximate surface area is 157 Å². The summed E-state index contributed by atoms with van der Waals surface area (Å²) >= 11 is 0. The smallest absolute Gasteiger partial charge is 0.268 e. The first-order chi connectivity index (χ1) is 12.4. The third kappa shape index (κ3) is 6.15. The van der Waals surface area contributed by atoms with Crippen molar-refractivity contribution in [2.45, 2.75) is 26.5 Å². The van der Waals surface area contributed by atoms with E-state index in [1.54, 1.807) is 30.3 Å². The molecule has 2 atom stereocenters. The summed E-state index contributed by atoms with van der Waals surface area (Å²) in [6.45, 7) is 1.32. The summed E-state index contributed by atoms with van der Waals surface area (Å²) in [4.78, 5) is 23.6. The number of hydrogen-bond donors (Lipinski definition) is 5. The number of aliphatic hydroxyl groups is 1. The van der Waals surface area contributed by atoms with Crippen LogP contribution in [0.2, 0.25) is 0 Å². The number of nitrogens with one attached hydrogen (secondary N) is 2. The third-order valence-corrected chi connectivity index (χ3v) is 3.51. The molecule has 0 bridgehead atoms. The van der Waals surface area contributed by atoms with Gasteiger partial charge in [-0.1, -0.05) is 25.3 Å². The molecule has 0 spiro atoms. The Kier molecular flexibility index (Phi) is 8.01. The summed E-state index contributed by atoms with van der Waals surface area (Å²) < 4.78 is 0. The second-order valence-electron chi connectivity index (χ2n) is 5.55. The van der Waals surface area contributed by atoms with Crippen molar-refractivity contribution in [2.24, 2.45) is 0 Å². The van der Waals surface area contributed by atoms with Gasteiger partial charge in [0.1, 0.15) is 11.8 Å². The van der Waals surface area contributed by atoms with Crippen molar-refractivity contribution in [1.82, 2.24) is 10.8 Å². The van der Waals surface area contributed by atoms with E-state index in [2.05, 4.69) is 17.2 Å². The number of hydroxylamine groups is 1. The highest BCUT2D eigenvalue weighted by Gasteiger charge is 2.25. The fourth-order valence-electron chi connectivity index (χ4n) is 2.13. The number of amides is 2. The molecule has 7 heteroatoms. The van der Waals surface area contributed by atoms with Crippen molar-refractivity contribution in [2.75, 3.05) is 0 Å². The van der Waals surface area contributed by atoms with Crippen molar-refractivity contribution in [3.8, 4) is 17.6 Å². The Balaban J connectivity index is 0.00000364. The lowest BCUT2D eigenvalue weighted by Gasteiger charge is -2.19. The van der Waals surface area contributed by atoms with E-state index in [9.17, 15) is 19.8 Å². The molecule has 2 rings (SSSR count). The van der Waals surface area contributed by atoms with Gasteiger partial charge in [0, 0.05) is 16.7 Å². The van der Waals surface area contributed by atoms with Crippen LogP contribution in [-0.2, 0) is 4.79 Å². The van der Waals surface area contributed by atoms with Crippen LogP contribution in [0.25, 0.3) is 0 Å². The number of phenolic OH excluding ortho intramolecular Hbond substituents is 1. The van der Waals surface area contributed by atoms with Gasteiger partial charge < -0.3 is 15.5 Å². The summed E-state index contributed by atoms with van der Waals surface area (Å²) in [6.07, 6.45) is -1.18. The Hall–Kier alpha value is -3.34. The molecule has 2 aromatic rings. The summed E-state index contributed by atoms with van der Waals surface area (Å²) in [6, 6.07) is 11.6. The highest BCUT2D eigenvalue weighted by molar-refractivity contribution is 5.97. The zero-order chi connectivity index (χ0) is 19.1. The summed E-state index contributed by atoms with van der Waals surface area (Å²) in [5.41, 5.74) is 2.98. The highest BCUT2D eigenvalue weighted by atomic mass is 16.5. The molecule has 0 saturated carbocycles. The number of aromatic hydroxyl groups is 1. The molecule has 0 heterocycles. The fourth-order valence-corrected chi connectivity index (χ4v) is 2.13. The third-order valence-electron chi connectivity index (χ3n) is 3.51. The van der Waals surface area contributed by atoms with E-state index in [1.165, 1.54) is 30.6 Å². The molecule has 5 N–H and O–H groups in total. The Morgan fingerprint density at radius 1 is 1.04 bits per heavy atom. The summed E-state index contributed by atoms with van der Waals surface area (Å²) in [5, 5.41) is 29.9. The van der Waals surface area contributed by atoms with Gasteiger partial charge in [0.2, 0.25) is 0 Å². The molecule has 0 saturated heterocycles. The van der Waals surface area contributed by atoms with E-state index >= 15 is 0 Å². The first-order valence-corrected chi connectivity index (χ1v) is 7.74. The molecule has 0 radical (unpaired) electrons. The molecule has 27 heavy (non-hydrogen) atoms. The molecule has 0 aromatic heterocycles. The number of carbonyl (C=O) groups is 2. The van der Waals surface area contributed by atoms with Gasteiger partial charge in [0.05, 0.1) is 6.10 Å². The van der Waals surface area contributed by atoms with E-state index in [4.69, 9.17) is 5.21 Å². The lowest BCUT2D eigenvalue weighted by Crippen LogP contribution is -2.51. The number of rotatable bonds is 4. The normalized spacial score (nSPS) is 11.8. The maximum absolute atomic E-state index is 12.2. The van der Waals surface area contributed by atoms with Crippen molar-refractivity contribution in [1.29, 1.82) is 0 Å². The van der Waals surface area contributed by atoms with Gasteiger partial charge in [0.15, 0.2) is 0 Å². The van der Waals surface area contributed by atoms with Gasteiger partial charge in [-0.05, 0) is 49.4 Å². The standard InChI is InChI=1S/C19H18N2O5.CH4/c1-12(22)17(19(25)21-26)20-18(24)15-9-7-13(8-10-15)5-6-14-3-2-4-16(23)11-14;/h2-4,7-12,17,22-23,26H,1H3,(H,20,24)(H,21,25);1H4/t12-,17+;/m1./s1. The minimum absolute atomic E-state index is 0. The number of benzene rings is 2. The van der Waals surface area contributed by atoms with Crippen molar-refractivity contribution >= 4 is 11.8 Å². The average molecular weight is 370 g/mol. The van der Waals surface area contributed by atoms with Gasteiger partial charge >= 0.3 is 0 Å². The summed E-state index contributed by atoms with van der Waals surface area (Å²) in [5.74, 6) is 4.44. The van der Waals surface area contributed by atoms with E-state index in [0.29, 0.717) is 11.1 Å². The van der Waals surface area contributed by atoms with Crippen molar-refractivity contribution < 1.29 is 25.0 Å². The number of carbonyl (C=O) groups excluding carboxylic acids is 2. The Morgan fingerprint density at radius 2 is 1.67 bits per heavy atom. The second-order valence-corrected chi connectivity index (χ2v) is 5.55. The lowest BCUT2D eigenvalue weighted by atomic mass is 10.1. The van der Waals surface area contributed by atoms with Crippen LogP contribution < -0.4 is 10.8 Å². The number of aliphatic hydroxyl groups excluding tert-OH is 1. The molecule has 0 fully saturated rings. The van der Waals surface area contributed by atoms with E-state index < -0.39 is 24.0 Å². The molecule has 7 nitrogen and oxygen atoms in total. The van der Waals surface area contributed by atoms with Crippen LogP contribution in [0.15, 0.2) is 48.5 Å². The highest BCUT2D eigenvalue weighted by Crippen LogP contribution is 2.10. The molecule has 0 aliphatic heterocycles. The van der Waals surface area contributed by atoms with Gasteiger partial charge in [-0.25, -0.2) is 5.48 Å². The van der Waals surface area contributed by atoms with Crippen LogP contribution in [0.4, 0.5) is 0 Å². The van der Waals surface area contributed by atoms with E-state index in [0.717, 1.165) is 0 Å². The van der Waals surface area contributed by atoms with Gasteiger partial charge in [-0.3, -0.25) is 14.8 Å². The monoisotopic (exact) mass is 370 g/mol.